The summed E-state index contributed by atoms with van der Waals surface area (Å²) in [6, 6.07) is 17.9. The van der Waals surface area contributed by atoms with Crippen LogP contribution < -0.4 is 9.64 Å². The van der Waals surface area contributed by atoms with Gasteiger partial charge in [0, 0.05) is 20.2 Å². The van der Waals surface area contributed by atoms with Crippen molar-refractivity contribution in [2.45, 2.75) is 18.9 Å². The number of anilines is 1. The van der Waals surface area contributed by atoms with Gasteiger partial charge < -0.3 is 19.1 Å². The summed E-state index contributed by atoms with van der Waals surface area (Å²) in [4.78, 5) is 2.16. The van der Waals surface area contributed by atoms with Gasteiger partial charge in [0.05, 0.1) is 25.0 Å². The molecule has 4 heteroatoms. The lowest BCUT2D eigenvalue weighted by Crippen LogP contribution is -2.25. The molecule has 0 spiro atoms. The molecule has 0 aliphatic carbocycles. The number of hydrogen-bond donors (Lipinski definition) is 0. The third-order valence-electron chi connectivity index (χ3n) is 4.15. The van der Waals surface area contributed by atoms with Gasteiger partial charge in [-0.05, 0) is 37.1 Å². The van der Waals surface area contributed by atoms with Crippen LogP contribution in [-0.2, 0) is 9.47 Å². The molecule has 1 heterocycles. The van der Waals surface area contributed by atoms with Gasteiger partial charge in [-0.3, -0.25) is 0 Å². The summed E-state index contributed by atoms with van der Waals surface area (Å²) in [5.74, 6) is 1.69. The molecule has 1 fully saturated rings. The van der Waals surface area contributed by atoms with E-state index in [0.717, 1.165) is 43.2 Å². The standard InChI is InChI=1S/C20H25NO3/c1-21(13-15-22-16-18-10-7-14-23-18)19-11-5-6-12-20(19)24-17-8-3-2-4-9-17/h2-6,8-9,11-12,18H,7,10,13-16H2,1H3. The molecule has 0 bridgehead atoms. The molecule has 24 heavy (non-hydrogen) atoms. The minimum atomic E-state index is 0.281. The van der Waals surface area contributed by atoms with Crippen LogP contribution in [0.2, 0.25) is 0 Å². The van der Waals surface area contributed by atoms with Crippen molar-refractivity contribution in [2.75, 3.05) is 38.3 Å². The molecule has 0 saturated carbocycles. The van der Waals surface area contributed by atoms with E-state index in [4.69, 9.17) is 14.2 Å². The first-order chi connectivity index (χ1) is 11.8. The smallest absolute Gasteiger partial charge is 0.150 e. The average Bonchev–Trinajstić information content (AvgIpc) is 3.13. The summed E-state index contributed by atoms with van der Waals surface area (Å²) in [5.41, 5.74) is 1.06. The molecule has 1 aliphatic heterocycles. The van der Waals surface area contributed by atoms with Crippen LogP contribution in [0.5, 0.6) is 11.5 Å². The van der Waals surface area contributed by atoms with Gasteiger partial charge in [-0.2, -0.15) is 0 Å². The molecule has 0 aromatic heterocycles. The second-order valence-electron chi connectivity index (χ2n) is 6.01. The van der Waals surface area contributed by atoms with Crippen LogP contribution in [0.15, 0.2) is 54.6 Å². The van der Waals surface area contributed by atoms with Crippen molar-refractivity contribution in [3.8, 4) is 11.5 Å². The SMILES string of the molecule is CN(CCOCC1CCCO1)c1ccccc1Oc1ccccc1. The summed E-state index contributed by atoms with van der Waals surface area (Å²) >= 11 is 0. The van der Waals surface area contributed by atoms with Gasteiger partial charge in [0.15, 0.2) is 5.75 Å². The number of para-hydroxylation sites is 3. The Bertz CT molecular complexity index is 611. The molecule has 128 valence electrons. The molecule has 0 amide bonds. The molecular formula is C20H25NO3. The van der Waals surface area contributed by atoms with E-state index in [-0.39, 0.29) is 6.10 Å². The molecule has 0 N–H and O–H groups in total. The van der Waals surface area contributed by atoms with E-state index in [1.165, 1.54) is 0 Å². The highest BCUT2D eigenvalue weighted by molar-refractivity contribution is 5.59. The number of ether oxygens (including phenoxy) is 3. The molecule has 1 saturated heterocycles. The molecule has 3 rings (SSSR count). The maximum atomic E-state index is 6.02. The number of likely N-dealkylation sites (N-methyl/N-ethyl adjacent to an activating group) is 1. The Hall–Kier alpha value is -2.04. The van der Waals surface area contributed by atoms with Crippen LogP contribution in [0.1, 0.15) is 12.8 Å². The molecule has 2 aromatic rings. The van der Waals surface area contributed by atoms with Crippen LogP contribution >= 0.6 is 0 Å². The molecule has 1 aliphatic rings. The number of rotatable bonds is 8. The number of nitrogens with zero attached hydrogens (tertiary/aromatic N) is 1. The molecule has 0 radical (unpaired) electrons. The highest BCUT2D eigenvalue weighted by Gasteiger charge is 2.15. The fourth-order valence-electron chi connectivity index (χ4n) is 2.79. The number of benzene rings is 2. The minimum Gasteiger partial charge on any atom is -0.455 e. The van der Waals surface area contributed by atoms with Crippen LogP contribution in [-0.4, -0.2) is 39.5 Å². The summed E-state index contributed by atoms with van der Waals surface area (Å²) in [6.45, 7) is 3.05. The molecular weight excluding hydrogens is 302 g/mol. The zero-order chi connectivity index (χ0) is 16.6. The Morgan fingerprint density at radius 1 is 1.08 bits per heavy atom. The number of hydrogen-bond acceptors (Lipinski definition) is 4. The van der Waals surface area contributed by atoms with E-state index in [0.29, 0.717) is 13.2 Å². The summed E-state index contributed by atoms with van der Waals surface area (Å²) < 4.78 is 17.3. The van der Waals surface area contributed by atoms with Gasteiger partial charge in [-0.15, -0.1) is 0 Å². The average molecular weight is 327 g/mol. The quantitative estimate of drug-likeness (QED) is 0.683. The minimum absolute atomic E-state index is 0.281. The van der Waals surface area contributed by atoms with Crippen molar-refractivity contribution in [1.82, 2.24) is 0 Å². The molecule has 4 nitrogen and oxygen atoms in total. The van der Waals surface area contributed by atoms with Crippen LogP contribution in [0.3, 0.4) is 0 Å². The highest BCUT2D eigenvalue weighted by atomic mass is 16.5. The van der Waals surface area contributed by atoms with E-state index in [1.807, 2.05) is 48.5 Å². The lowest BCUT2D eigenvalue weighted by Gasteiger charge is -2.22. The third-order valence-corrected chi connectivity index (χ3v) is 4.15. The Balaban J connectivity index is 1.53. The zero-order valence-electron chi connectivity index (χ0n) is 14.2. The van der Waals surface area contributed by atoms with Gasteiger partial charge in [0.2, 0.25) is 0 Å². The van der Waals surface area contributed by atoms with E-state index in [9.17, 15) is 0 Å². The lowest BCUT2D eigenvalue weighted by atomic mass is 10.2. The second kappa shape index (κ2) is 8.71. The Morgan fingerprint density at radius 2 is 1.88 bits per heavy atom. The Labute approximate surface area is 144 Å². The molecule has 1 unspecified atom stereocenters. The van der Waals surface area contributed by atoms with Crippen LogP contribution in [0.4, 0.5) is 5.69 Å². The van der Waals surface area contributed by atoms with Crippen LogP contribution in [0.25, 0.3) is 0 Å². The van der Waals surface area contributed by atoms with Gasteiger partial charge in [-0.25, -0.2) is 0 Å². The normalized spacial score (nSPS) is 17.0. The first kappa shape index (κ1) is 16.8. The van der Waals surface area contributed by atoms with Crippen molar-refractivity contribution < 1.29 is 14.2 Å². The first-order valence-corrected chi connectivity index (χ1v) is 8.55. The van der Waals surface area contributed by atoms with Gasteiger partial charge in [0.1, 0.15) is 5.75 Å². The monoisotopic (exact) mass is 327 g/mol. The maximum Gasteiger partial charge on any atom is 0.150 e. The van der Waals surface area contributed by atoms with Gasteiger partial charge in [0.25, 0.3) is 0 Å². The predicted molar refractivity (Wildman–Crippen MR) is 96.0 cm³/mol. The largest absolute Gasteiger partial charge is 0.455 e. The zero-order valence-corrected chi connectivity index (χ0v) is 14.2. The van der Waals surface area contributed by atoms with E-state index in [2.05, 4.69) is 18.0 Å². The van der Waals surface area contributed by atoms with Gasteiger partial charge in [-0.1, -0.05) is 30.3 Å². The van der Waals surface area contributed by atoms with Crippen molar-refractivity contribution in [2.24, 2.45) is 0 Å². The second-order valence-corrected chi connectivity index (χ2v) is 6.01. The first-order valence-electron chi connectivity index (χ1n) is 8.55. The lowest BCUT2D eigenvalue weighted by molar-refractivity contribution is 0.0197. The third kappa shape index (κ3) is 4.73. The Kier molecular flexibility index (Phi) is 6.10. The fraction of sp³-hybridized carbons (Fsp3) is 0.400. The predicted octanol–water partition coefficient (Wildman–Crippen LogP) is 4.11. The van der Waals surface area contributed by atoms with Crippen molar-refractivity contribution in [3.63, 3.8) is 0 Å². The topological polar surface area (TPSA) is 30.9 Å². The van der Waals surface area contributed by atoms with Gasteiger partial charge >= 0.3 is 0 Å². The molecule has 1 atom stereocenters. The maximum absolute atomic E-state index is 6.02. The van der Waals surface area contributed by atoms with Crippen molar-refractivity contribution in [1.29, 1.82) is 0 Å². The summed E-state index contributed by atoms with van der Waals surface area (Å²) in [7, 11) is 2.06. The fourth-order valence-corrected chi connectivity index (χ4v) is 2.79. The van der Waals surface area contributed by atoms with Crippen LogP contribution in [0, 0.1) is 0 Å². The van der Waals surface area contributed by atoms with E-state index >= 15 is 0 Å². The summed E-state index contributed by atoms with van der Waals surface area (Å²) in [6.07, 6.45) is 2.55. The van der Waals surface area contributed by atoms with E-state index in [1.54, 1.807) is 0 Å². The van der Waals surface area contributed by atoms with Crippen molar-refractivity contribution >= 4 is 5.69 Å². The summed E-state index contributed by atoms with van der Waals surface area (Å²) in [5, 5.41) is 0. The highest BCUT2D eigenvalue weighted by Crippen LogP contribution is 2.31. The van der Waals surface area contributed by atoms with E-state index < -0.39 is 0 Å². The van der Waals surface area contributed by atoms with Crippen molar-refractivity contribution in [3.05, 3.63) is 54.6 Å². The Morgan fingerprint density at radius 3 is 2.67 bits per heavy atom. The molecule has 2 aromatic carbocycles.